The van der Waals surface area contributed by atoms with Crippen molar-refractivity contribution >= 4 is 22.7 Å². The minimum atomic E-state index is -0.157. The van der Waals surface area contributed by atoms with E-state index in [0.29, 0.717) is 35.3 Å². The Kier molecular flexibility index (Phi) is 6.55. The lowest BCUT2D eigenvalue weighted by atomic mass is 10.1. The van der Waals surface area contributed by atoms with Crippen LogP contribution in [0.3, 0.4) is 0 Å². The minimum Gasteiger partial charge on any atom is -0.324 e. The third kappa shape index (κ3) is 4.63. The molecule has 1 unspecified atom stereocenters. The van der Waals surface area contributed by atoms with Crippen LogP contribution in [0, 0.1) is 0 Å². The molecule has 1 aromatic carbocycles. The van der Waals surface area contributed by atoms with E-state index >= 15 is 0 Å². The van der Waals surface area contributed by atoms with E-state index in [1.54, 1.807) is 21.6 Å². The summed E-state index contributed by atoms with van der Waals surface area (Å²) in [5.74, 6) is 1.52. The summed E-state index contributed by atoms with van der Waals surface area (Å²) in [6, 6.07) is 12.5. The van der Waals surface area contributed by atoms with Crippen LogP contribution in [0.1, 0.15) is 36.1 Å². The molecule has 1 aliphatic heterocycles. The molecule has 0 amide bonds. The molecule has 9 heteroatoms. The number of aryl methyl sites for hydroxylation is 1. The summed E-state index contributed by atoms with van der Waals surface area (Å²) in [5, 5.41) is 3.77. The Morgan fingerprint density at radius 1 is 1.08 bits per heavy atom. The zero-order valence-electron chi connectivity index (χ0n) is 22.1. The molecular formula is C29H34N8O. The maximum absolute atomic E-state index is 13.3. The summed E-state index contributed by atoms with van der Waals surface area (Å²) in [4.78, 5) is 32.3. The topological polar surface area (TPSA) is 84.1 Å². The van der Waals surface area contributed by atoms with Gasteiger partial charge in [0.1, 0.15) is 5.39 Å². The first kappa shape index (κ1) is 24.5. The van der Waals surface area contributed by atoms with Gasteiger partial charge in [0.2, 0.25) is 5.95 Å². The number of piperazine rings is 1. The van der Waals surface area contributed by atoms with E-state index in [-0.39, 0.29) is 5.56 Å². The zero-order valence-corrected chi connectivity index (χ0v) is 22.1. The summed E-state index contributed by atoms with van der Waals surface area (Å²) in [6.07, 6.45) is 5.45. The number of hydrogen-bond donors (Lipinski definition) is 1. The lowest BCUT2D eigenvalue weighted by molar-refractivity contribution is 0.148. The van der Waals surface area contributed by atoms with E-state index < -0.39 is 0 Å². The van der Waals surface area contributed by atoms with Crippen LogP contribution in [0.4, 0.5) is 11.6 Å². The smallest absolute Gasteiger partial charge is 0.278 e. The van der Waals surface area contributed by atoms with Crippen molar-refractivity contribution in [3.05, 3.63) is 82.4 Å². The van der Waals surface area contributed by atoms with Crippen LogP contribution in [0.15, 0.2) is 60.0 Å². The predicted octanol–water partition coefficient (Wildman–Crippen LogP) is 3.70. The second kappa shape index (κ2) is 10.2. The molecule has 0 spiro atoms. The van der Waals surface area contributed by atoms with Gasteiger partial charge < -0.3 is 10.2 Å². The molecule has 1 saturated heterocycles. The van der Waals surface area contributed by atoms with Crippen LogP contribution >= 0.6 is 0 Å². The fraction of sp³-hybridized carbons (Fsp3) is 0.379. The van der Waals surface area contributed by atoms with Crippen LogP contribution in [0.5, 0.6) is 0 Å². The fourth-order valence-electron chi connectivity index (χ4n) is 5.45. The number of nitrogens with zero attached hydrogens (tertiary/aromatic N) is 7. The lowest BCUT2D eigenvalue weighted by Crippen LogP contribution is -2.43. The van der Waals surface area contributed by atoms with Crippen LogP contribution in [-0.2, 0) is 19.5 Å². The van der Waals surface area contributed by atoms with Gasteiger partial charge in [-0.25, -0.2) is 19.3 Å². The molecule has 1 fully saturated rings. The number of allylic oxidation sites excluding steroid dienone is 1. The highest BCUT2D eigenvalue weighted by molar-refractivity contribution is 5.77. The molecule has 38 heavy (non-hydrogen) atoms. The maximum Gasteiger partial charge on any atom is 0.278 e. The highest BCUT2D eigenvalue weighted by atomic mass is 16.1. The van der Waals surface area contributed by atoms with Gasteiger partial charge in [-0.05, 0) is 55.1 Å². The van der Waals surface area contributed by atoms with E-state index in [0.717, 1.165) is 56.9 Å². The van der Waals surface area contributed by atoms with Crippen molar-refractivity contribution in [1.82, 2.24) is 34.1 Å². The largest absolute Gasteiger partial charge is 0.324 e. The molecule has 3 aromatic heterocycles. The lowest BCUT2D eigenvalue weighted by Gasteiger charge is -2.32. The van der Waals surface area contributed by atoms with Crippen LogP contribution in [0.25, 0.3) is 16.9 Å². The Labute approximate surface area is 222 Å². The molecule has 1 N–H and O–H groups in total. The van der Waals surface area contributed by atoms with Gasteiger partial charge in [-0.1, -0.05) is 31.2 Å². The summed E-state index contributed by atoms with van der Waals surface area (Å²) in [7, 11) is 2.17. The van der Waals surface area contributed by atoms with Crippen molar-refractivity contribution in [3.8, 4) is 5.82 Å². The normalized spacial score (nSPS) is 18.1. The number of rotatable bonds is 7. The average Bonchev–Trinajstić information content (AvgIpc) is 3.43. The first-order chi connectivity index (χ1) is 18.5. The number of hydrogen-bond acceptors (Lipinski definition) is 7. The molecule has 4 aromatic rings. The summed E-state index contributed by atoms with van der Waals surface area (Å²) >= 11 is 0. The van der Waals surface area contributed by atoms with Gasteiger partial charge in [0.25, 0.3) is 5.56 Å². The molecule has 2 aliphatic rings. The fourth-order valence-corrected chi connectivity index (χ4v) is 5.45. The Balaban J connectivity index is 1.30. The van der Waals surface area contributed by atoms with Crippen LogP contribution in [0.2, 0.25) is 0 Å². The SMILES string of the molecule is C=CCn1c(=O)c2cnc(Nc3ccc(CN4CCN(C)CC4)cc3)nc2n1-c1ccc2c(n1)C(C)CC2. The maximum atomic E-state index is 13.3. The van der Waals surface area contributed by atoms with E-state index in [1.807, 2.05) is 6.07 Å². The van der Waals surface area contributed by atoms with Gasteiger partial charge in [0, 0.05) is 50.3 Å². The standard InChI is InChI=1S/C29H34N8O/c1-4-13-36-28(38)24-18-30-29(31-23-10-6-21(7-11-23)19-35-16-14-34(3)15-17-35)33-27(24)37(36)25-12-9-22-8-5-20(2)26(22)32-25/h4,6-7,9-12,18,20H,1,5,8,13-17,19H2,2-3H3,(H,30,31,33). The van der Waals surface area contributed by atoms with Crippen molar-refractivity contribution in [3.63, 3.8) is 0 Å². The van der Waals surface area contributed by atoms with E-state index in [9.17, 15) is 4.79 Å². The molecule has 4 heterocycles. The Bertz CT molecular complexity index is 1530. The third-order valence-corrected chi connectivity index (χ3v) is 7.72. The number of nitrogens with one attached hydrogen (secondary N) is 1. The molecular weight excluding hydrogens is 476 g/mol. The quantitative estimate of drug-likeness (QED) is 0.380. The first-order valence-electron chi connectivity index (χ1n) is 13.4. The van der Waals surface area contributed by atoms with Gasteiger partial charge in [-0.3, -0.25) is 9.69 Å². The molecule has 9 nitrogen and oxygen atoms in total. The predicted molar refractivity (Wildman–Crippen MR) is 150 cm³/mol. The van der Waals surface area contributed by atoms with Gasteiger partial charge in [0.05, 0.1) is 6.54 Å². The van der Waals surface area contributed by atoms with E-state index in [1.165, 1.54) is 11.1 Å². The number of aromatic nitrogens is 5. The van der Waals surface area contributed by atoms with Crippen molar-refractivity contribution in [1.29, 1.82) is 0 Å². The summed E-state index contributed by atoms with van der Waals surface area (Å²) < 4.78 is 3.42. The van der Waals surface area contributed by atoms with E-state index in [2.05, 4.69) is 71.0 Å². The number of fused-ring (bicyclic) bond motifs is 2. The van der Waals surface area contributed by atoms with Crippen molar-refractivity contribution in [2.75, 3.05) is 38.5 Å². The van der Waals surface area contributed by atoms with E-state index in [4.69, 9.17) is 9.97 Å². The second-order valence-corrected chi connectivity index (χ2v) is 10.5. The number of anilines is 2. The number of likely N-dealkylation sites (N-methyl/N-ethyl adjacent to an activating group) is 1. The van der Waals surface area contributed by atoms with Gasteiger partial charge in [-0.2, -0.15) is 4.98 Å². The van der Waals surface area contributed by atoms with Crippen LogP contribution in [-0.4, -0.2) is 67.3 Å². The van der Waals surface area contributed by atoms with Crippen molar-refractivity contribution in [2.24, 2.45) is 0 Å². The van der Waals surface area contributed by atoms with Crippen molar-refractivity contribution in [2.45, 2.75) is 38.8 Å². The molecule has 0 saturated carbocycles. The monoisotopic (exact) mass is 510 g/mol. The molecule has 0 radical (unpaired) electrons. The molecule has 196 valence electrons. The minimum absolute atomic E-state index is 0.157. The molecule has 1 atom stereocenters. The third-order valence-electron chi connectivity index (χ3n) is 7.72. The molecule has 0 bridgehead atoms. The second-order valence-electron chi connectivity index (χ2n) is 10.5. The van der Waals surface area contributed by atoms with Gasteiger partial charge in [-0.15, -0.1) is 6.58 Å². The molecule has 6 rings (SSSR count). The van der Waals surface area contributed by atoms with Crippen LogP contribution < -0.4 is 10.9 Å². The van der Waals surface area contributed by atoms with Gasteiger partial charge >= 0.3 is 0 Å². The molecule has 1 aliphatic carbocycles. The zero-order chi connectivity index (χ0) is 26.2. The Hall–Kier alpha value is -3.82. The Morgan fingerprint density at radius 3 is 2.63 bits per heavy atom. The number of benzene rings is 1. The number of pyridine rings is 1. The van der Waals surface area contributed by atoms with Gasteiger partial charge in [0.15, 0.2) is 11.5 Å². The summed E-state index contributed by atoms with van der Waals surface area (Å²) in [6.45, 7) is 11.8. The average molecular weight is 511 g/mol. The Morgan fingerprint density at radius 2 is 1.87 bits per heavy atom. The highest BCUT2D eigenvalue weighted by Crippen LogP contribution is 2.32. The van der Waals surface area contributed by atoms with Crippen molar-refractivity contribution < 1.29 is 0 Å². The summed E-state index contributed by atoms with van der Waals surface area (Å²) in [5.41, 5.74) is 4.93. The first-order valence-corrected chi connectivity index (χ1v) is 13.4. The highest BCUT2D eigenvalue weighted by Gasteiger charge is 2.23.